The molecule has 2 atom stereocenters. The van der Waals surface area contributed by atoms with E-state index in [2.05, 4.69) is 11.6 Å². The first kappa shape index (κ1) is 12.6. The van der Waals surface area contributed by atoms with Gasteiger partial charge in [0.2, 0.25) is 5.91 Å². The molecule has 2 aliphatic heterocycles. The molecule has 2 fully saturated rings. The van der Waals surface area contributed by atoms with Gasteiger partial charge in [-0.15, -0.1) is 6.58 Å². The van der Waals surface area contributed by atoms with E-state index < -0.39 is 9.84 Å². The van der Waals surface area contributed by atoms with Crippen LogP contribution in [0.5, 0.6) is 0 Å². The number of carbonyl (C=O) groups excluding carboxylic acids is 1. The van der Waals surface area contributed by atoms with Crippen LogP contribution in [0.1, 0.15) is 6.92 Å². The molecule has 0 radical (unpaired) electrons. The lowest BCUT2D eigenvalue weighted by Gasteiger charge is -2.22. The molecular formula is C10H14N2O3S2. The second kappa shape index (κ2) is 4.45. The van der Waals surface area contributed by atoms with Crippen LogP contribution in [0, 0.1) is 0 Å². The van der Waals surface area contributed by atoms with Crippen molar-refractivity contribution in [1.82, 2.24) is 4.90 Å². The van der Waals surface area contributed by atoms with E-state index in [9.17, 15) is 13.2 Å². The molecule has 0 aromatic carbocycles. The average molecular weight is 274 g/mol. The van der Waals surface area contributed by atoms with Crippen molar-refractivity contribution in [3.63, 3.8) is 0 Å². The van der Waals surface area contributed by atoms with Gasteiger partial charge in [-0.1, -0.05) is 17.8 Å². The van der Waals surface area contributed by atoms with E-state index in [1.165, 1.54) is 18.7 Å². The summed E-state index contributed by atoms with van der Waals surface area (Å²) in [6.07, 6.45) is 1.70. The van der Waals surface area contributed by atoms with Crippen molar-refractivity contribution in [1.29, 1.82) is 0 Å². The summed E-state index contributed by atoms with van der Waals surface area (Å²) in [6.45, 7) is 5.56. The van der Waals surface area contributed by atoms with Crippen molar-refractivity contribution in [3.8, 4) is 0 Å². The van der Waals surface area contributed by atoms with Gasteiger partial charge in [-0.3, -0.25) is 4.79 Å². The number of thioether (sulfide) groups is 1. The maximum absolute atomic E-state index is 11.6. The third-order valence-electron chi connectivity index (χ3n) is 2.75. The lowest BCUT2D eigenvalue weighted by atomic mass is 10.2. The number of hydrogen-bond donors (Lipinski definition) is 0. The van der Waals surface area contributed by atoms with Crippen LogP contribution >= 0.6 is 11.8 Å². The Hall–Kier alpha value is -0.820. The maximum Gasteiger partial charge on any atom is 0.244 e. The fourth-order valence-electron chi connectivity index (χ4n) is 2.12. The molecule has 0 spiro atoms. The average Bonchev–Trinajstić information content (AvgIpc) is 2.61. The number of fused-ring (bicyclic) bond motifs is 1. The number of amides is 1. The molecule has 0 N–H and O–H groups in total. The summed E-state index contributed by atoms with van der Waals surface area (Å²) in [5, 5.41) is 0.625. The van der Waals surface area contributed by atoms with Gasteiger partial charge in [-0.2, -0.15) is 4.99 Å². The Morgan fingerprint density at radius 1 is 1.65 bits per heavy atom. The summed E-state index contributed by atoms with van der Waals surface area (Å²) in [4.78, 5) is 16.8. The number of sulfone groups is 1. The topological polar surface area (TPSA) is 66.8 Å². The van der Waals surface area contributed by atoms with Crippen LogP contribution in [0.3, 0.4) is 0 Å². The number of hydrogen-bond acceptors (Lipinski definition) is 4. The Balaban J connectivity index is 2.27. The van der Waals surface area contributed by atoms with Crippen LogP contribution in [0.25, 0.3) is 0 Å². The van der Waals surface area contributed by atoms with Gasteiger partial charge >= 0.3 is 0 Å². The molecular weight excluding hydrogens is 260 g/mol. The molecule has 0 unspecified atom stereocenters. The smallest absolute Gasteiger partial charge is 0.244 e. The van der Waals surface area contributed by atoms with Crippen molar-refractivity contribution < 1.29 is 13.2 Å². The molecule has 17 heavy (non-hydrogen) atoms. The molecule has 2 saturated heterocycles. The maximum atomic E-state index is 11.6. The number of rotatable bonds is 2. The third kappa shape index (κ3) is 2.55. The second-order valence-corrected chi connectivity index (χ2v) is 7.52. The Morgan fingerprint density at radius 3 is 2.94 bits per heavy atom. The standard InChI is InChI=1S/C10H14N2O3S2/c1-3-4-12-8-5-17(14,15)6-9(8)16-10(12)11-7(2)13/h3,8-9H,1,4-6H2,2H3/t8-,9-/m0/s1. The van der Waals surface area contributed by atoms with Crippen molar-refractivity contribution in [2.45, 2.75) is 18.2 Å². The minimum atomic E-state index is -2.95. The molecule has 0 bridgehead atoms. The van der Waals surface area contributed by atoms with Crippen molar-refractivity contribution in [2.75, 3.05) is 18.1 Å². The highest BCUT2D eigenvalue weighted by Gasteiger charge is 2.48. The van der Waals surface area contributed by atoms with Gasteiger partial charge in [0.05, 0.1) is 17.5 Å². The summed E-state index contributed by atoms with van der Waals surface area (Å²) >= 11 is 1.39. The highest BCUT2D eigenvalue weighted by Crippen LogP contribution is 2.37. The van der Waals surface area contributed by atoms with E-state index >= 15 is 0 Å². The zero-order chi connectivity index (χ0) is 12.6. The predicted molar refractivity (Wildman–Crippen MR) is 68.8 cm³/mol. The summed E-state index contributed by atoms with van der Waals surface area (Å²) in [6, 6.07) is -0.0684. The van der Waals surface area contributed by atoms with Gasteiger partial charge in [-0.25, -0.2) is 8.42 Å². The highest BCUT2D eigenvalue weighted by molar-refractivity contribution is 8.15. The fourth-order valence-corrected chi connectivity index (χ4v) is 6.13. The number of carbonyl (C=O) groups is 1. The minimum absolute atomic E-state index is 0.00181. The van der Waals surface area contributed by atoms with E-state index in [4.69, 9.17) is 0 Å². The molecule has 7 heteroatoms. The van der Waals surface area contributed by atoms with Crippen LogP contribution in [-0.2, 0) is 14.6 Å². The van der Waals surface area contributed by atoms with Gasteiger partial charge < -0.3 is 4.90 Å². The molecule has 0 aromatic heterocycles. The Bertz CT molecular complexity index is 484. The summed E-state index contributed by atoms with van der Waals surface area (Å²) in [7, 11) is -2.95. The second-order valence-electron chi connectivity index (χ2n) is 4.15. The van der Waals surface area contributed by atoms with Crippen LogP contribution in [0.15, 0.2) is 17.6 Å². The summed E-state index contributed by atoms with van der Waals surface area (Å²) in [5.41, 5.74) is 0. The van der Waals surface area contributed by atoms with Gasteiger partial charge in [0.1, 0.15) is 0 Å². The normalized spacial score (nSPS) is 32.8. The highest BCUT2D eigenvalue weighted by atomic mass is 32.2. The summed E-state index contributed by atoms with van der Waals surface area (Å²) in [5.74, 6) is 0.0619. The van der Waals surface area contributed by atoms with E-state index in [1.807, 2.05) is 4.90 Å². The van der Waals surface area contributed by atoms with Gasteiger partial charge in [0.25, 0.3) is 0 Å². The SMILES string of the molecule is C=CCN1C(=NC(C)=O)S[C@H]2CS(=O)(=O)C[C@@H]21. The van der Waals surface area contributed by atoms with E-state index in [1.54, 1.807) is 6.08 Å². The third-order valence-corrected chi connectivity index (χ3v) is 6.00. The Kier molecular flexibility index (Phi) is 3.31. The molecule has 5 nitrogen and oxygen atoms in total. The van der Waals surface area contributed by atoms with Crippen molar-refractivity contribution >= 4 is 32.7 Å². The molecule has 2 rings (SSSR count). The van der Waals surface area contributed by atoms with Crippen LogP contribution < -0.4 is 0 Å². The van der Waals surface area contributed by atoms with Crippen LogP contribution in [-0.4, -0.2) is 53.7 Å². The molecule has 0 aliphatic carbocycles. The van der Waals surface area contributed by atoms with E-state index in [-0.39, 0.29) is 28.7 Å². The van der Waals surface area contributed by atoms with Crippen molar-refractivity contribution in [2.24, 2.45) is 4.99 Å². The van der Waals surface area contributed by atoms with E-state index in [0.29, 0.717) is 11.7 Å². The molecule has 2 heterocycles. The summed E-state index contributed by atoms with van der Waals surface area (Å²) < 4.78 is 23.1. The monoisotopic (exact) mass is 274 g/mol. The van der Waals surface area contributed by atoms with Crippen molar-refractivity contribution in [3.05, 3.63) is 12.7 Å². The lowest BCUT2D eigenvalue weighted by Crippen LogP contribution is -2.37. The Labute approximate surface area is 105 Å². The zero-order valence-corrected chi connectivity index (χ0v) is 11.1. The first-order valence-electron chi connectivity index (χ1n) is 5.27. The first-order chi connectivity index (χ1) is 7.93. The largest absolute Gasteiger partial charge is 0.342 e. The Morgan fingerprint density at radius 2 is 2.35 bits per heavy atom. The van der Waals surface area contributed by atoms with Crippen LogP contribution in [0.4, 0.5) is 0 Å². The number of nitrogens with zero attached hydrogens (tertiary/aromatic N) is 2. The number of aliphatic imine (C=N–C) groups is 1. The van der Waals surface area contributed by atoms with Gasteiger partial charge in [0.15, 0.2) is 15.0 Å². The predicted octanol–water partition coefficient (Wildman–Crippen LogP) is 0.289. The quantitative estimate of drug-likeness (QED) is 0.677. The minimum Gasteiger partial charge on any atom is -0.342 e. The van der Waals surface area contributed by atoms with E-state index in [0.717, 1.165) is 0 Å². The molecule has 94 valence electrons. The molecule has 2 aliphatic rings. The molecule has 0 aromatic rings. The number of amidine groups is 1. The molecule has 0 saturated carbocycles. The fraction of sp³-hybridized carbons (Fsp3) is 0.600. The lowest BCUT2D eigenvalue weighted by molar-refractivity contribution is -0.115. The van der Waals surface area contributed by atoms with Crippen LogP contribution in [0.2, 0.25) is 0 Å². The molecule has 1 amide bonds. The van der Waals surface area contributed by atoms with Gasteiger partial charge in [-0.05, 0) is 0 Å². The first-order valence-corrected chi connectivity index (χ1v) is 7.97. The van der Waals surface area contributed by atoms with Gasteiger partial charge in [0, 0.05) is 18.7 Å². The zero-order valence-electron chi connectivity index (χ0n) is 9.50.